The summed E-state index contributed by atoms with van der Waals surface area (Å²) in [6.45, 7) is 1.84. The van der Waals surface area contributed by atoms with Crippen molar-refractivity contribution in [2.24, 2.45) is 0 Å². The van der Waals surface area contributed by atoms with E-state index in [2.05, 4.69) is 5.32 Å². The second kappa shape index (κ2) is 4.45. The average Bonchev–Trinajstić information content (AvgIpc) is 2.26. The molecule has 4 heteroatoms. The molecule has 0 saturated carbocycles. The molecule has 1 nitrogen and oxygen atoms in total. The fraction of sp³-hybridized carbons (Fsp3) is 0.455. The van der Waals surface area contributed by atoms with Crippen LogP contribution in [0.15, 0.2) is 12.1 Å². The van der Waals surface area contributed by atoms with Gasteiger partial charge < -0.3 is 5.32 Å². The molecule has 0 aliphatic carbocycles. The van der Waals surface area contributed by atoms with E-state index in [1.165, 1.54) is 12.1 Å². The Morgan fingerprint density at radius 1 is 1.20 bits per heavy atom. The van der Waals surface area contributed by atoms with Crippen LogP contribution in [0.5, 0.6) is 0 Å². The molecule has 15 heavy (non-hydrogen) atoms. The normalized spacial score (nSPS) is 18.1. The molecule has 1 aromatic carbocycles. The van der Waals surface area contributed by atoms with Gasteiger partial charge in [-0.25, -0.2) is 8.78 Å². The van der Waals surface area contributed by atoms with Crippen molar-refractivity contribution in [3.8, 4) is 0 Å². The van der Waals surface area contributed by atoms with E-state index in [1.807, 2.05) is 0 Å². The maximum atomic E-state index is 13.1. The van der Waals surface area contributed by atoms with E-state index in [0.717, 1.165) is 31.5 Å². The van der Waals surface area contributed by atoms with Crippen LogP contribution in [-0.2, 0) is 0 Å². The second-order valence-electron chi connectivity index (χ2n) is 3.82. The van der Waals surface area contributed by atoms with Gasteiger partial charge in [-0.2, -0.15) is 0 Å². The summed E-state index contributed by atoms with van der Waals surface area (Å²) in [6.07, 6.45) is 1.89. The molecule has 2 rings (SSSR count). The Bertz CT molecular complexity index is 339. The number of benzene rings is 1. The van der Waals surface area contributed by atoms with Gasteiger partial charge in [0.25, 0.3) is 0 Å². The van der Waals surface area contributed by atoms with Gasteiger partial charge in [-0.1, -0.05) is 11.6 Å². The van der Waals surface area contributed by atoms with Gasteiger partial charge in [0.1, 0.15) is 0 Å². The lowest BCUT2D eigenvalue weighted by Gasteiger charge is -2.23. The Balaban J connectivity index is 2.27. The molecule has 1 N–H and O–H groups in total. The Morgan fingerprint density at radius 2 is 1.87 bits per heavy atom. The molecule has 0 aromatic heterocycles. The zero-order chi connectivity index (χ0) is 10.8. The Kier molecular flexibility index (Phi) is 3.22. The van der Waals surface area contributed by atoms with Gasteiger partial charge >= 0.3 is 0 Å². The van der Waals surface area contributed by atoms with Crippen molar-refractivity contribution >= 4 is 11.6 Å². The number of halogens is 3. The fourth-order valence-electron chi connectivity index (χ4n) is 1.97. The highest BCUT2D eigenvalue weighted by molar-refractivity contribution is 6.30. The first-order valence-corrected chi connectivity index (χ1v) is 5.41. The molecule has 1 aliphatic heterocycles. The number of rotatable bonds is 1. The highest BCUT2D eigenvalue weighted by Crippen LogP contribution is 2.29. The lowest BCUT2D eigenvalue weighted by atomic mass is 9.90. The van der Waals surface area contributed by atoms with E-state index in [1.54, 1.807) is 0 Å². The third-order valence-corrected chi connectivity index (χ3v) is 3.09. The van der Waals surface area contributed by atoms with Gasteiger partial charge in [0.15, 0.2) is 11.6 Å². The van der Waals surface area contributed by atoms with Gasteiger partial charge in [0.2, 0.25) is 0 Å². The van der Waals surface area contributed by atoms with Crippen LogP contribution in [0.1, 0.15) is 24.3 Å². The number of nitrogens with one attached hydrogen (secondary N) is 1. The first kappa shape index (κ1) is 10.8. The molecule has 0 bridgehead atoms. The van der Waals surface area contributed by atoms with E-state index in [-0.39, 0.29) is 5.02 Å². The van der Waals surface area contributed by atoms with Crippen molar-refractivity contribution in [3.05, 3.63) is 34.4 Å². The summed E-state index contributed by atoms with van der Waals surface area (Å²) in [5.41, 5.74) is 0.806. The zero-order valence-corrected chi connectivity index (χ0v) is 8.95. The molecule has 1 saturated heterocycles. The van der Waals surface area contributed by atoms with E-state index >= 15 is 0 Å². The largest absolute Gasteiger partial charge is 0.317 e. The summed E-state index contributed by atoms with van der Waals surface area (Å²) in [4.78, 5) is 0. The van der Waals surface area contributed by atoms with Crippen molar-refractivity contribution in [1.29, 1.82) is 0 Å². The molecule has 0 spiro atoms. The SMILES string of the molecule is Fc1cc(C2CCNCC2)cc(Cl)c1F. The van der Waals surface area contributed by atoms with E-state index < -0.39 is 11.6 Å². The molecule has 82 valence electrons. The zero-order valence-electron chi connectivity index (χ0n) is 8.19. The average molecular weight is 232 g/mol. The topological polar surface area (TPSA) is 12.0 Å². The van der Waals surface area contributed by atoms with E-state index in [0.29, 0.717) is 5.92 Å². The van der Waals surface area contributed by atoms with Crippen LogP contribution in [0.25, 0.3) is 0 Å². The predicted molar refractivity (Wildman–Crippen MR) is 56.2 cm³/mol. The fourth-order valence-corrected chi connectivity index (χ4v) is 2.18. The second-order valence-corrected chi connectivity index (χ2v) is 4.23. The first-order chi connectivity index (χ1) is 7.18. The van der Waals surface area contributed by atoms with Gasteiger partial charge in [0, 0.05) is 0 Å². The summed E-state index contributed by atoms with van der Waals surface area (Å²) >= 11 is 5.61. The molecule has 0 atom stereocenters. The quantitative estimate of drug-likeness (QED) is 0.733. The van der Waals surface area contributed by atoms with Crippen LogP contribution in [0, 0.1) is 11.6 Å². The molecule has 0 unspecified atom stereocenters. The maximum Gasteiger partial charge on any atom is 0.177 e. The molecular weight excluding hydrogens is 220 g/mol. The number of piperidine rings is 1. The Hall–Kier alpha value is -0.670. The molecular formula is C11H12ClF2N. The smallest absolute Gasteiger partial charge is 0.177 e. The minimum atomic E-state index is -0.950. The highest BCUT2D eigenvalue weighted by Gasteiger charge is 2.18. The maximum absolute atomic E-state index is 13.1. The summed E-state index contributed by atoms with van der Waals surface area (Å²) < 4.78 is 26.1. The van der Waals surface area contributed by atoms with Gasteiger partial charge in [0.05, 0.1) is 5.02 Å². The monoisotopic (exact) mass is 231 g/mol. The summed E-state index contributed by atoms with van der Waals surface area (Å²) in [7, 11) is 0. The summed E-state index contributed by atoms with van der Waals surface area (Å²) in [5.74, 6) is -1.51. The van der Waals surface area contributed by atoms with Gasteiger partial charge in [-0.05, 0) is 49.5 Å². The Labute approximate surface area is 92.4 Å². The minimum absolute atomic E-state index is 0.122. The van der Waals surface area contributed by atoms with Crippen molar-refractivity contribution in [3.63, 3.8) is 0 Å². The van der Waals surface area contributed by atoms with Crippen LogP contribution in [-0.4, -0.2) is 13.1 Å². The minimum Gasteiger partial charge on any atom is -0.317 e. The van der Waals surface area contributed by atoms with Crippen LogP contribution in [0.2, 0.25) is 5.02 Å². The number of hydrogen-bond donors (Lipinski definition) is 1. The van der Waals surface area contributed by atoms with E-state index in [4.69, 9.17) is 11.6 Å². The van der Waals surface area contributed by atoms with Crippen molar-refractivity contribution in [2.45, 2.75) is 18.8 Å². The van der Waals surface area contributed by atoms with Crippen LogP contribution >= 0.6 is 11.6 Å². The third-order valence-electron chi connectivity index (χ3n) is 2.82. The molecule has 1 fully saturated rings. The lowest BCUT2D eigenvalue weighted by Crippen LogP contribution is -2.26. The van der Waals surface area contributed by atoms with Crippen LogP contribution in [0.3, 0.4) is 0 Å². The Morgan fingerprint density at radius 3 is 2.47 bits per heavy atom. The molecule has 1 aliphatic rings. The van der Waals surface area contributed by atoms with Crippen LogP contribution < -0.4 is 5.32 Å². The van der Waals surface area contributed by atoms with E-state index in [9.17, 15) is 8.78 Å². The summed E-state index contributed by atoms with van der Waals surface area (Å²) in [5, 5.41) is 3.10. The third kappa shape index (κ3) is 2.29. The summed E-state index contributed by atoms with van der Waals surface area (Å²) in [6, 6.07) is 2.80. The van der Waals surface area contributed by atoms with Crippen LogP contribution in [0.4, 0.5) is 8.78 Å². The highest BCUT2D eigenvalue weighted by atomic mass is 35.5. The van der Waals surface area contributed by atoms with Crippen molar-refractivity contribution in [2.75, 3.05) is 13.1 Å². The standard InChI is InChI=1S/C11H12ClF2N/c12-9-5-8(6-10(13)11(9)14)7-1-3-15-4-2-7/h5-7,15H,1-4H2. The molecule has 1 heterocycles. The molecule has 1 aromatic rings. The van der Waals surface area contributed by atoms with Gasteiger partial charge in [-0.15, -0.1) is 0 Å². The predicted octanol–water partition coefficient (Wildman–Crippen LogP) is 3.09. The molecule has 0 radical (unpaired) electrons. The van der Waals surface area contributed by atoms with Crippen molar-refractivity contribution in [1.82, 2.24) is 5.32 Å². The first-order valence-electron chi connectivity index (χ1n) is 5.03. The van der Waals surface area contributed by atoms with Crippen molar-refractivity contribution < 1.29 is 8.78 Å². The van der Waals surface area contributed by atoms with Gasteiger partial charge in [-0.3, -0.25) is 0 Å². The number of hydrogen-bond acceptors (Lipinski definition) is 1. The molecule has 0 amide bonds. The lowest BCUT2D eigenvalue weighted by molar-refractivity contribution is 0.454.